The second-order valence-corrected chi connectivity index (χ2v) is 6.66. The molecule has 1 aromatic carbocycles. The van der Waals surface area contributed by atoms with E-state index in [4.69, 9.17) is 23.8 Å². The summed E-state index contributed by atoms with van der Waals surface area (Å²) in [6.45, 7) is 2.00. The summed E-state index contributed by atoms with van der Waals surface area (Å²) in [6.07, 6.45) is 5.44. The Morgan fingerprint density at radius 1 is 1.32 bits per heavy atom. The largest absolute Gasteiger partial charge is 0.359 e. The maximum absolute atomic E-state index is 6.12. The topological polar surface area (TPSA) is 24.1 Å². The SMILES string of the molecule is Cc1ccc(NC(=S)N[C@H]2C[C@H]3CC[C@@H]2C3)cc1Cl. The van der Waals surface area contributed by atoms with E-state index in [2.05, 4.69) is 10.6 Å². The van der Waals surface area contributed by atoms with Crippen LogP contribution in [0.4, 0.5) is 5.69 Å². The fourth-order valence-electron chi connectivity index (χ4n) is 3.43. The molecule has 3 atom stereocenters. The quantitative estimate of drug-likeness (QED) is 0.802. The number of aryl methyl sites for hydroxylation is 1. The van der Waals surface area contributed by atoms with Crippen LogP contribution in [0.3, 0.4) is 0 Å². The molecule has 0 unspecified atom stereocenters. The van der Waals surface area contributed by atoms with Gasteiger partial charge >= 0.3 is 0 Å². The highest BCUT2D eigenvalue weighted by Crippen LogP contribution is 2.44. The summed E-state index contributed by atoms with van der Waals surface area (Å²) < 4.78 is 0. The Balaban J connectivity index is 1.57. The summed E-state index contributed by atoms with van der Waals surface area (Å²) in [6, 6.07) is 6.51. The predicted octanol–water partition coefficient (Wildman–Crippen LogP) is 4.12. The molecule has 2 aliphatic rings. The summed E-state index contributed by atoms with van der Waals surface area (Å²) >= 11 is 11.5. The Kier molecular flexibility index (Phi) is 3.68. The van der Waals surface area contributed by atoms with E-state index < -0.39 is 0 Å². The average molecular weight is 295 g/mol. The van der Waals surface area contributed by atoms with Crippen molar-refractivity contribution in [1.82, 2.24) is 5.32 Å². The molecule has 2 N–H and O–H groups in total. The Morgan fingerprint density at radius 3 is 2.79 bits per heavy atom. The highest BCUT2D eigenvalue weighted by molar-refractivity contribution is 7.80. The van der Waals surface area contributed by atoms with Gasteiger partial charge in [-0.25, -0.2) is 0 Å². The van der Waals surface area contributed by atoms with Gasteiger partial charge in [-0.2, -0.15) is 0 Å². The van der Waals surface area contributed by atoms with Crippen molar-refractivity contribution in [3.63, 3.8) is 0 Å². The Bertz CT molecular complexity index is 503. The first-order valence-corrected chi connectivity index (χ1v) is 7.74. The molecule has 3 rings (SSSR count). The van der Waals surface area contributed by atoms with E-state index in [1.807, 2.05) is 25.1 Å². The summed E-state index contributed by atoms with van der Waals surface area (Å²) in [5.74, 6) is 1.76. The molecule has 0 aliphatic heterocycles. The van der Waals surface area contributed by atoms with Crippen molar-refractivity contribution in [3.8, 4) is 0 Å². The minimum Gasteiger partial charge on any atom is -0.359 e. The standard InChI is InChI=1S/C15H19ClN2S/c1-9-2-5-12(8-13(9)16)17-15(19)18-14-7-10-3-4-11(14)6-10/h2,5,8,10-11,14H,3-4,6-7H2,1H3,(H2,17,18,19)/t10-,11+,14-/m0/s1. The third-order valence-corrected chi connectivity index (χ3v) is 5.11. The number of fused-ring (bicyclic) bond motifs is 2. The molecule has 2 nitrogen and oxygen atoms in total. The van der Waals surface area contributed by atoms with Crippen LogP contribution in [0.5, 0.6) is 0 Å². The zero-order chi connectivity index (χ0) is 13.4. The van der Waals surface area contributed by atoms with Gasteiger partial charge < -0.3 is 10.6 Å². The van der Waals surface area contributed by atoms with E-state index in [-0.39, 0.29) is 0 Å². The molecule has 0 heterocycles. The maximum atomic E-state index is 6.12. The number of nitrogens with one attached hydrogen (secondary N) is 2. The zero-order valence-corrected chi connectivity index (χ0v) is 12.7. The molecule has 102 valence electrons. The Labute approximate surface area is 124 Å². The smallest absolute Gasteiger partial charge is 0.171 e. The number of anilines is 1. The highest BCUT2D eigenvalue weighted by atomic mass is 35.5. The fourth-order valence-corrected chi connectivity index (χ4v) is 3.88. The second kappa shape index (κ2) is 5.29. The minimum absolute atomic E-state index is 0.569. The van der Waals surface area contributed by atoms with Gasteiger partial charge in [0.05, 0.1) is 0 Å². The Morgan fingerprint density at radius 2 is 2.16 bits per heavy atom. The highest BCUT2D eigenvalue weighted by Gasteiger charge is 2.39. The number of rotatable bonds is 2. The number of thiocarbonyl (C=S) groups is 1. The molecule has 0 amide bonds. The van der Waals surface area contributed by atoms with Gasteiger partial charge in [-0.05, 0) is 67.9 Å². The monoisotopic (exact) mass is 294 g/mol. The van der Waals surface area contributed by atoms with Crippen LogP contribution in [0, 0.1) is 18.8 Å². The molecule has 1 aromatic rings. The van der Waals surface area contributed by atoms with Crippen LogP contribution in [0.25, 0.3) is 0 Å². The number of hydrogen-bond donors (Lipinski definition) is 2. The molecule has 2 bridgehead atoms. The van der Waals surface area contributed by atoms with Crippen LogP contribution in [-0.4, -0.2) is 11.2 Å². The molecule has 0 saturated heterocycles. The minimum atomic E-state index is 0.569. The molecule has 19 heavy (non-hydrogen) atoms. The van der Waals surface area contributed by atoms with Crippen LogP contribution in [0.1, 0.15) is 31.2 Å². The van der Waals surface area contributed by atoms with Crippen LogP contribution in [0.2, 0.25) is 5.02 Å². The summed E-state index contributed by atoms with van der Waals surface area (Å²) in [5, 5.41) is 8.19. The maximum Gasteiger partial charge on any atom is 0.171 e. The van der Waals surface area contributed by atoms with E-state index in [0.29, 0.717) is 6.04 Å². The predicted molar refractivity (Wildman–Crippen MR) is 84.8 cm³/mol. The molecule has 4 heteroatoms. The van der Waals surface area contributed by atoms with Crippen molar-refractivity contribution < 1.29 is 0 Å². The van der Waals surface area contributed by atoms with Gasteiger partial charge in [-0.15, -0.1) is 0 Å². The third-order valence-electron chi connectivity index (χ3n) is 4.48. The summed E-state index contributed by atoms with van der Waals surface area (Å²) in [7, 11) is 0. The van der Waals surface area contributed by atoms with E-state index in [0.717, 1.165) is 33.2 Å². The lowest BCUT2D eigenvalue weighted by molar-refractivity contribution is 0.392. The van der Waals surface area contributed by atoms with Crippen molar-refractivity contribution in [2.75, 3.05) is 5.32 Å². The first-order valence-electron chi connectivity index (χ1n) is 6.95. The number of halogens is 1. The number of benzene rings is 1. The summed E-state index contributed by atoms with van der Waals surface area (Å²) in [4.78, 5) is 0. The molecule has 2 fully saturated rings. The van der Waals surface area contributed by atoms with Gasteiger partial charge in [-0.1, -0.05) is 24.1 Å². The first kappa shape index (κ1) is 13.2. The average Bonchev–Trinajstić information content (AvgIpc) is 2.96. The van der Waals surface area contributed by atoms with Gasteiger partial charge in [0.1, 0.15) is 0 Å². The van der Waals surface area contributed by atoms with Gasteiger partial charge in [0.2, 0.25) is 0 Å². The molecular weight excluding hydrogens is 276 g/mol. The van der Waals surface area contributed by atoms with Crippen molar-refractivity contribution >= 4 is 34.6 Å². The van der Waals surface area contributed by atoms with Crippen molar-refractivity contribution in [2.24, 2.45) is 11.8 Å². The lowest BCUT2D eigenvalue weighted by Gasteiger charge is -2.24. The molecular formula is C15H19ClN2S. The molecule has 0 radical (unpaired) electrons. The van der Waals surface area contributed by atoms with Crippen molar-refractivity contribution in [3.05, 3.63) is 28.8 Å². The van der Waals surface area contributed by atoms with Crippen LogP contribution < -0.4 is 10.6 Å². The van der Waals surface area contributed by atoms with E-state index >= 15 is 0 Å². The lowest BCUT2D eigenvalue weighted by Crippen LogP contribution is -2.40. The van der Waals surface area contributed by atoms with E-state index in [1.165, 1.54) is 25.7 Å². The fraction of sp³-hybridized carbons (Fsp3) is 0.533. The zero-order valence-electron chi connectivity index (χ0n) is 11.1. The molecule has 0 spiro atoms. The molecule has 2 aliphatic carbocycles. The van der Waals surface area contributed by atoms with E-state index in [9.17, 15) is 0 Å². The van der Waals surface area contributed by atoms with Crippen LogP contribution in [-0.2, 0) is 0 Å². The van der Waals surface area contributed by atoms with Crippen LogP contribution in [0.15, 0.2) is 18.2 Å². The van der Waals surface area contributed by atoms with Crippen molar-refractivity contribution in [1.29, 1.82) is 0 Å². The van der Waals surface area contributed by atoms with Gasteiger partial charge in [0.25, 0.3) is 0 Å². The normalized spacial score (nSPS) is 28.4. The van der Waals surface area contributed by atoms with Gasteiger partial charge in [0.15, 0.2) is 5.11 Å². The second-order valence-electron chi connectivity index (χ2n) is 5.84. The Hall–Kier alpha value is -0.800. The first-order chi connectivity index (χ1) is 9.11. The third kappa shape index (κ3) is 2.87. The van der Waals surface area contributed by atoms with Gasteiger partial charge in [-0.3, -0.25) is 0 Å². The number of hydrogen-bond acceptors (Lipinski definition) is 1. The van der Waals surface area contributed by atoms with Gasteiger partial charge in [0, 0.05) is 16.8 Å². The van der Waals surface area contributed by atoms with Crippen molar-refractivity contribution in [2.45, 2.75) is 38.6 Å². The summed E-state index contributed by atoms with van der Waals surface area (Å²) in [5.41, 5.74) is 2.04. The lowest BCUT2D eigenvalue weighted by atomic mass is 9.96. The molecule has 0 aromatic heterocycles. The van der Waals surface area contributed by atoms with E-state index in [1.54, 1.807) is 0 Å². The molecule has 2 saturated carbocycles. The van der Waals surface area contributed by atoms with Crippen LogP contribution >= 0.6 is 23.8 Å².